The minimum Gasteiger partial charge on any atom is -0.332 e. The van der Waals surface area contributed by atoms with Crippen molar-refractivity contribution in [1.29, 1.82) is 5.26 Å². The first kappa shape index (κ1) is 18.4. The van der Waals surface area contributed by atoms with E-state index in [-0.39, 0.29) is 6.04 Å². The van der Waals surface area contributed by atoms with Crippen LogP contribution in [0.25, 0.3) is 11.1 Å². The molecule has 1 atom stereocenters. The maximum absolute atomic E-state index is 9.30. The van der Waals surface area contributed by atoms with Crippen LogP contribution in [0.5, 0.6) is 0 Å². The van der Waals surface area contributed by atoms with Crippen molar-refractivity contribution in [2.45, 2.75) is 13.0 Å². The van der Waals surface area contributed by atoms with E-state index in [1.54, 1.807) is 12.4 Å². The standard InChI is InChI=1S/C25H20N4/c1-19(29(22-9-5-13-27-17-22)23-10-6-14-28-18-23)24-11-2-3-12-25(24)21-8-4-7-20(15-21)16-26/h2-15,17-19H,1H3. The quantitative estimate of drug-likeness (QED) is 0.434. The van der Waals surface area contributed by atoms with Crippen LogP contribution in [-0.4, -0.2) is 9.97 Å². The van der Waals surface area contributed by atoms with Crippen molar-refractivity contribution in [3.8, 4) is 17.2 Å². The molecule has 140 valence electrons. The van der Waals surface area contributed by atoms with E-state index >= 15 is 0 Å². The Bertz CT molecular complexity index is 1090. The zero-order valence-electron chi connectivity index (χ0n) is 16.1. The second kappa shape index (κ2) is 8.37. The summed E-state index contributed by atoms with van der Waals surface area (Å²) in [5.74, 6) is 0. The predicted molar refractivity (Wildman–Crippen MR) is 116 cm³/mol. The van der Waals surface area contributed by atoms with Crippen LogP contribution in [-0.2, 0) is 0 Å². The van der Waals surface area contributed by atoms with Crippen LogP contribution in [0.15, 0.2) is 97.6 Å². The second-order valence-electron chi connectivity index (χ2n) is 6.75. The molecule has 0 saturated carbocycles. The van der Waals surface area contributed by atoms with Gasteiger partial charge in [0.2, 0.25) is 0 Å². The summed E-state index contributed by atoms with van der Waals surface area (Å²) >= 11 is 0. The lowest BCUT2D eigenvalue weighted by Gasteiger charge is -2.32. The highest BCUT2D eigenvalue weighted by Crippen LogP contribution is 2.38. The molecule has 4 rings (SSSR count). The maximum atomic E-state index is 9.30. The highest BCUT2D eigenvalue weighted by molar-refractivity contribution is 5.72. The third-order valence-corrected chi connectivity index (χ3v) is 4.95. The number of benzene rings is 2. The van der Waals surface area contributed by atoms with Gasteiger partial charge in [0, 0.05) is 12.4 Å². The number of rotatable bonds is 5. The molecule has 4 heteroatoms. The van der Waals surface area contributed by atoms with Crippen LogP contribution >= 0.6 is 0 Å². The monoisotopic (exact) mass is 376 g/mol. The lowest BCUT2D eigenvalue weighted by molar-refractivity contribution is 0.772. The Hall–Kier alpha value is -3.97. The number of hydrogen-bond acceptors (Lipinski definition) is 4. The molecule has 0 spiro atoms. The van der Waals surface area contributed by atoms with Gasteiger partial charge in [-0.2, -0.15) is 5.26 Å². The first-order chi connectivity index (χ1) is 14.3. The minimum atomic E-state index is 0.0188. The SMILES string of the molecule is CC(c1ccccc1-c1cccc(C#N)c1)N(c1cccnc1)c1cccnc1. The molecule has 0 radical (unpaired) electrons. The number of nitrogens with zero attached hydrogens (tertiary/aromatic N) is 4. The van der Waals surface area contributed by atoms with Gasteiger partial charge in [-0.3, -0.25) is 9.97 Å². The molecular weight excluding hydrogens is 356 g/mol. The van der Waals surface area contributed by atoms with Crippen molar-refractivity contribution in [2.24, 2.45) is 0 Å². The fourth-order valence-corrected chi connectivity index (χ4v) is 3.61. The van der Waals surface area contributed by atoms with E-state index in [0.29, 0.717) is 5.56 Å². The van der Waals surface area contributed by atoms with Gasteiger partial charge in [-0.25, -0.2) is 0 Å². The largest absolute Gasteiger partial charge is 0.332 e. The third kappa shape index (κ3) is 3.85. The van der Waals surface area contributed by atoms with Crippen LogP contribution in [0.2, 0.25) is 0 Å². The zero-order valence-corrected chi connectivity index (χ0v) is 16.1. The van der Waals surface area contributed by atoms with Gasteiger partial charge >= 0.3 is 0 Å². The van der Waals surface area contributed by atoms with Gasteiger partial charge < -0.3 is 4.90 Å². The van der Waals surface area contributed by atoms with E-state index in [9.17, 15) is 5.26 Å². The lowest BCUT2D eigenvalue weighted by atomic mass is 9.93. The van der Waals surface area contributed by atoms with Gasteiger partial charge in [-0.1, -0.05) is 36.4 Å². The molecule has 2 heterocycles. The molecule has 29 heavy (non-hydrogen) atoms. The molecule has 2 aromatic heterocycles. The molecule has 0 amide bonds. The molecule has 0 N–H and O–H groups in total. The third-order valence-electron chi connectivity index (χ3n) is 4.95. The number of pyridine rings is 2. The first-order valence-electron chi connectivity index (χ1n) is 9.46. The summed E-state index contributed by atoms with van der Waals surface area (Å²) in [6.45, 7) is 2.17. The number of anilines is 2. The van der Waals surface area contributed by atoms with E-state index in [1.807, 2.05) is 60.9 Å². The summed E-state index contributed by atoms with van der Waals surface area (Å²) in [7, 11) is 0. The van der Waals surface area contributed by atoms with Crippen LogP contribution in [0.3, 0.4) is 0 Å². The van der Waals surface area contributed by atoms with Gasteiger partial charge in [0.25, 0.3) is 0 Å². The van der Waals surface area contributed by atoms with Crippen molar-refractivity contribution in [3.63, 3.8) is 0 Å². The van der Waals surface area contributed by atoms with Crippen molar-refractivity contribution in [1.82, 2.24) is 9.97 Å². The summed E-state index contributed by atoms with van der Waals surface area (Å²) < 4.78 is 0. The van der Waals surface area contributed by atoms with Crippen LogP contribution < -0.4 is 4.90 Å². The van der Waals surface area contributed by atoms with Gasteiger partial charge in [0.05, 0.1) is 41.4 Å². The Morgan fingerprint density at radius 2 is 1.52 bits per heavy atom. The number of aromatic nitrogens is 2. The Morgan fingerprint density at radius 1 is 0.828 bits per heavy atom. The molecule has 1 unspecified atom stereocenters. The van der Waals surface area contributed by atoms with Crippen molar-refractivity contribution < 1.29 is 0 Å². The molecular formula is C25H20N4. The van der Waals surface area contributed by atoms with E-state index in [2.05, 4.69) is 52.1 Å². The molecule has 0 aliphatic rings. The summed E-state index contributed by atoms with van der Waals surface area (Å²) in [6.07, 6.45) is 7.28. The fourth-order valence-electron chi connectivity index (χ4n) is 3.61. The normalized spacial score (nSPS) is 11.4. The van der Waals surface area contributed by atoms with E-state index in [4.69, 9.17) is 0 Å². The van der Waals surface area contributed by atoms with Gasteiger partial charge in [0.1, 0.15) is 0 Å². The fraction of sp³-hybridized carbons (Fsp3) is 0.0800. The van der Waals surface area contributed by atoms with Gasteiger partial charge in [-0.15, -0.1) is 0 Å². The van der Waals surface area contributed by atoms with Crippen LogP contribution in [0.1, 0.15) is 24.1 Å². The summed E-state index contributed by atoms with van der Waals surface area (Å²) in [6, 6.07) is 26.3. The number of hydrogen-bond donors (Lipinski definition) is 0. The topological polar surface area (TPSA) is 52.8 Å². The molecule has 0 bridgehead atoms. The molecule has 4 nitrogen and oxygen atoms in total. The second-order valence-corrected chi connectivity index (χ2v) is 6.75. The van der Waals surface area contributed by atoms with E-state index in [0.717, 1.165) is 28.1 Å². The van der Waals surface area contributed by atoms with Gasteiger partial charge in [-0.05, 0) is 60.0 Å². The number of nitriles is 1. The summed E-state index contributed by atoms with van der Waals surface area (Å²) in [5.41, 5.74) is 5.94. The predicted octanol–water partition coefficient (Wildman–Crippen LogP) is 5.91. The highest BCUT2D eigenvalue weighted by atomic mass is 15.2. The molecule has 0 aliphatic carbocycles. The highest BCUT2D eigenvalue weighted by Gasteiger charge is 2.21. The zero-order chi connectivity index (χ0) is 20.1. The molecule has 4 aromatic rings. The minimum absolute atomic E-state index is 0.0188. The Balaban J connectivity index is 1.84. The maximum Gasteiger partial charge on any atom is 0.0991 e. The molecule has 0 saturated heterocycles. The summed E-state index contributed by atoms with van der Waals surface area (Å²) in [5, 5.41) is 9.30. The van der Waals surface area contributed by atoms with E-state index in [1.165, 1.54) is 0 Å². The van der Waals surface area contributed by atoms with Crippen LogP contribution in [0, 0.1) is 11.3 Å². The Kier molecular flexibility index (Phi) is 5.31. The van der Waals surface area contributed by atoms with E-state index < -0.39 is 0 Å². The molecule has 0 fully saturated rings. The average molecular weight is 376 g/mol. The van der Waals surface area contributed by atoms with Crippen molar-refractivity contribution in [2.75, 3.05) is 4.90 Å². The first-order valence-corrected chi connectivity index (χ1v) is 9.46. The lowest BCUT2D eigenvalue weighted by Crippen LogP contribution is -2.22. The van der Waals surface area contributed by atoms with Crippen molar-refractivity contribution >= 4 is 11.4 Å². The average Bonchev–Trinajstić information content (AvgIpc) is 2.80. The molecule has 0 aliphatic heterocycles. The van der Waals surface area contributed by atoms with Crippen LogP contribution in [0.4, 0.5) is 11.4 Å². The Labute approximate surface area is 170 Å². The molecule has 2 aromatic carbocycles. The smallest absolute Gasteiger partial charge is 0.0991 e. The van der Waals surface area contributed by atoms with Gasteiger partial charge in [0.15, 0.2) is 0 Å². The summed E-state index contributed by atoms with van der Waals surface area (Å²) in [4.78, 5) is 10.9. The Morgan fingerprint density at radius 3 is 2.14 bits per heavy atom. The van der Waals surface area contributed by atoms with Crippen molar-refractivity contribution in [3.05, 3.63) is 109 Å².